The molecule has 1 fully saturated rings. The van der Waals surface area contributed by atoms with E-state index in [1.54, 1.807) is 6.92 Å². The number of benzene rings is 1. The summed E-state index contributed by atoms with van der Waals surface area (Å²) in [5.41, 5.74) is 0.117. The van der Waals surface area contributed by atoms with Crippen LogP contribution in [0.25, 0.3) is 0 Å². The zero-order chi connectivity index (χ0) is 22.4. The van der Waals surface area contributed by atoms with Crippen LogP contribution in [0, 0.1) is 11.6 Å². The van der Waals surface area contributed by atoms with E-state index in [4.69, 9.17) is 4.74 Å². The number of rotatable bonds is 9. The number of aliphatic hydroxyl groups is 1. The maximum atomic E-state index is 13.9. The minimum absolute atomic E-state index is 0.0204. The highest BCUT2D eigenvalue weighted by atomic mass is 32.2. The lowest BCUT2D eigenvalue weighted by atomic mass is 10.2. The van der Waals surface area contributed by atoms with E-state index in [2.05, 4.69) is 20.0 Å². The highest BCUT2D eigenvalue weighted by Crippen LogP contribution is 2.26. The number of nitrogens with one attached hydrogen (secondary N) is 2. The third-order valence-electron chi connectivity index (χ3n) is 4.30. The summed E-state index contributed by atoms with van der Waals surface area (Å²) in [6.45, 7) is 3.03. The van der Waals surface area contributed by atoms with Gasteiger partial charge in [-0.3, -0.25) is 4.72 Å². The SMILES string of the molecule is CC(CO)Oc1cc(NS(=O)(=O)N2CCNCC2)nc(SCc2cccc(F)c2F)n1. The lowest BCUT2D eigenvalue weighted by Crippen LogP contribution is -2.48. The predicted octanol–water partition coefficient (Wildman–Crippen LogP) is 1.37. The molecule has 0 spiro atoms. The van der Waals surface area contributed by atoms with Crippen LogP contribution in [-0.4, -0.2) is 66.7 Å². The fourth-order valence-corrected chi connectivity index (χ4v) is 4.69. The van der Waals surface area contributed by atoms with Crippen LogP contribution in [0.1, 0.15) is 12.5 Å². The molecule has 1 saturated heterocycles. The molecular weight excluding hydrogens is 452 g/mol. The molecule has 2 aromatic rings. The Morgan fingerprint density at radius 1 is 1.32 bits per heavy atom. The van der Waals surface area contributed by atoms with Crippen molar-refractivity contribution in [2.24, 2.45) is 0 Å². The Hall–Kier alpha value is -2.06. The fraction of sp³-hybridized carbons (Fsp3) is 0.444. The number of ether oxygens (including phenoxy) is 1. The van der Waals surface area contributed by atoms with Crippen molar-refractivity contribution in [3.05, 3.63) is 41.5 Å². The van der Waals surface area contributed by atoms with E-state index in [9.17, 15) is 22.3 Å². The summed E-state index contributed by atoms with van der Waals surface area (Å²) < 4.78 is 61.9. The van der Waals surface area contributed by atoms with E-state index in [-0.39, 0.29) is 34.8 Å². The Kier molecular flexibility index (Phi) is 8.00. The molecule has 170 valence electrons. The molecule has 1 aliphatic heterocycles. The maximum absolute atomic E-state index is 13.9. The van der Waals surface area contributed by atoms with Crippen LogP contribution in [0.2, 0.25) is 0 Å². The normalized spacial score (nSPS) is 16.1. The Labute approximate surface area is 183 Å². The first kappa shape index (κ1) is 23.6. The van der Waals surface area contributed by atoms with Crippen molar-refractivity contribution >= 4 is 27.8 Å². The predicted molar refractivity (Wildman–Crippen MR) is 112 cm³/mol. The molecule has 1 aromatic heterocycles. The quantitative estimate of drug-likeness (QED) is 0.368. The summed E-state index contributed by atoms with van der Waals surface area (Å²) >= 11 is 0.991. The van der Waals surface area contributed by atoms with Crippen LogP contribution in [0.4, 0.5) is 14.6 Å². The Balaban J connectivity index is 1.82. The van der Waals surface area contributed by atoms with E-state index < -0.39 is 27.9 Å². The number of thioether (sulfide) groups is 1. The van der Waals surface area contributed by atoms with E-state index in [1.807, 2.05) is 0 Å². The number of nitrogens with zero attached hydrogens (tertiary/aromatic N) is 3. The molecule has 1 atom stereocenters. The molecule has 2 heterocycles. The van der Waals surface area contributed by atoms with E-state index in [1.165, 1.54) is 22.5 Å². The Bertz CT molecular complexity index is 1010. The topological polar surface area (TPSA) is 117 Å². The van der Waals surface area contributed by atoms with Crippen molar-refractivity contribution in [2.75, 3.05) is 37.5 Å². The van der Waals surface area contributed by atoms with Gasteiger partial charge in [0.15, 0.2) is 16.8 Å². The van der Waals surface area contributed by atoms with Crippen LogP contribution >= 0.6 is 11.8 Å². The van der Waals surface area contributed by atoms with Gasteiger partial charge in [-0.15, -0.1) is 0 Å². The van der Waals surface area contributed by atoms with Crippen molar-refractivity contribution in [3.63, 3.8) is 0 Å². The molecule has 3 N–H and O–H groups in total. The van der Waals surface area contributed by atoms with Crippen LogP contribution in [0.3, 0.4) is 0 Å². The highest BCUT2D eigenvalue weighted by Gasteiger charge is 2.25. The molecular formula is C18H23F2N5O4S2. The van der Waals surface area contributed by atoms with Gasteiger partial charge in [0.1, 0.15) is 11.9 Å². The van der Waals surface area contributed by atoms with Crippen LogP contribution < -0.4 is 14.8 Å². The number of hydrogen-bond acceptors (Lipinski definition) is 8. The minimum atomic E-state index is -3.85. The van der Waals surface area contributed by atoms with Crippen molar-refractivity contribution < 1.29 is 27.0 Å². The van der Waals surface area contributed by atoms with Gasteiger partial charge in [0.25, 0.3) is 0 Å². The highest BCUT2D eigenvalue weighted by molar-refractivity contribution is 7.98. The molecule has 1 aromatic carbocycles. The van der Waals surface area contributed by atoms with Crippen LogP contribution in [-0.2, 0) is 16.0 Å². The van der Waals surface area contributed by atoms with Crippen molar-refractivity contribution in [1.29, 1.82) is 0 Å². The second kappa shape index (κ2) is 10.5. The molecule has 0 radical (unpaired) electrons. The lowest BCUT2D eigenvalue weighted by molar-refractivity contribution is 0.124. The zero-order valence-corrected chi connectivity index (χ0v) is 18.3. The average Bonchev–Trinajstić information content (AvgIpc) is 2.75. The summed E-state index contributed by atoms with van der Waals surface area (Å²) in [6, 6.07) is 5.16. The van der Waals surface area contributed by atoms with Crippen LogP contribution in [0.15, 0.2) is 29.4 Å². The Morgan fingerprint density at radius 3 is 2.77 bits per heavy atom. The molecule has 9 nitrogen and oxygen atoms in total. The van der Waals surface area contributed by atoms with Crippen molar-refractivity contribution in [1.82, 2.24) is 19.6 Å². The van der Waals surface area contributed by atoms with E-state index >= 15 is 0 Å². The third kappa shape index (κ3) is 6.46. The van der Waals surface area contributed by atoms with Gasteiger partial charge in [0, 0.05) is 43.6 Å². The molecule has 0 saturated carbocycles. The average molecular weight is 476 g/mol. The summed E-state index contributed by atoms with van der Waals surface area (Å²) in [6.07, 6.45) is -0.592. The minimum Gasteiger partial charge on any atom is -0.472 e. The van der Waals surface area contributed by atoms with Gasteiger partial charge in [0.2, 0.25) is 5.88 Å². The number of aromatic nitrogens is 2. The summed E-state index contributed by atoms with van der Waals surface area (Å²) in [5, 5.41) is 12.4. The molecule has 0 amide bonds. The molecule has 3 rings (SSSR count). The summed E-state index contributed by atoms with van der Waals surface area (Å²) in [5.74, 6) is -1.90. The molecule has 1 unspecified atom stereocenters. The first-order valence-electron chi connectivity index (χ1n) is 9.49. The van der Waals surface area contributed by atoms with Gasteiger partial charge in [-0.05, 0) is 13.0 Å². The summed E-state index contributed by atoms with van der Waals surface area (Å²) in [4.78, 5) is 8.35. The lowest BCUT2D eigenvalue weighted by Gasteiger charge is -2.26. The molecule has 0 aliphatic carbocycles. The Morgan fingerprint density at radius 2 is 2.06 bits per heavy atom. The van der Waals surface area contributed by atoms with Crippen LogP contribution in [0.5, 0.6) is 5.88 Å². The second-order valence-corrected chi connectivity index (χ2v) is 9.36. The number of anilines is 1. The first-order valence-corrected chi connectivity index (χ1v) is 11.9. The fourth-order valence-electron chi connectivity index (χ4n) is 2.71. The van der Waals surface area contributed by atoms with Crippen molar-refractivity contribution in [2.45, 2.75) is 23.9 Å². The second-order valence-electron chi connectivity index (χ2n) is 6.74. The number of hydrogen-bond donors (Lipinski definition) is 3. The smallest absolute Gasteiger partial charge is 0.302 e. The van der Waals surface area contributed by atoms with Gasteiger partial charge >= 0.3 is 10.2 Å². The van der Waals surface area contributed by atoms with Gasteiger partial charge < -0.3 is 15.2 Å². The molecule has 31 heavy (non-hydrogen) atoms. The van der Waals surface area contributed by atoms with Gasteiger partial charge in [0.05, 0.1) is 6.61 Å². The maximum Gasteiger partial charge on any atom is 0.302 e. The number of piperazine rings is 1. The zero-order valence-electron chi connectivity index (χ0n) is 16.7. The standard InChI is InChI=1S/C18H23F2N5O4S2/c1-12(10-26)29-16-9-15(24-31(27,28)25-7-5-21-6-8-25)22-18(23-16)30-11-13-3-2-4-14(19)17(13)20/h2-4,9,12,21,26H,5-8,10-11H2,1H3,(H,22,23,24). The van der Waals surface area contributed by atoms with Gasteiger partial charge in [-0.25, -0.2) is 13.8 Å². The largest absolute Gasteiger partial charge is 0.472 e. The first-order chi connectivity index (χ1) is 14.8. The summed E-state index contributed by atoms with van der Waals surface area (Å²) in [7, 11) is -3.85. The molecule has 0 bridgehead atoms. The number of halogens is 2. The number of aliphatic hydroxyl groups excluding tert-OH is 1. The molecule has 13 heteroatoms. The van der Waals surface area contributed by atoms with E-state index in [0.717, 1.165) is 17.8 Å². The van der Waals surface area contributed by atoms with Crippen molar-refractivity contribution in [3.8, 4) is 5.88 Å². The van der Waals surface area contributed by atoms with Gasteiger partial charge in [-0.1, -0.05) is 23.9 Å². The van der Waals surface area contributed by atoms with E-state index in [0.29, 0.717) is 26.2 Å². The molecule has 1 aliphatic rings. The monoisotopic (exact) mass is 475 g/mol. The van der Waals surface area contributed by atoms with Gasteiger partial charge in [-0.2, -0.15) is 17.7 Å². The third-order valence-corrected chi connectivity index (χ3v) is 6.71.